The molecule has 0 bridgehead atoms. The van der Waals surface area contributed by atoms with E-state index in [1.54, 1.807) is 12.1 Å². The first-order chi connectivity index (χ1) is 12.7. The van der Waals surface area contributed by atoms with Gasteiger partial charge in [-0.25, -0.2) is 17.1 Å². The Morgan fingerprint density at radius 1 is 1.30 bits per heavy atom. The molecule has 1 N–H and O–H groups in total. The monoisotopic (exact) mass is 428 g/mol. The van der Waals surface area contributed by atoms with E-state index in [0.717, 1.165) is 4.31 Å². The Morgan fingerprint density at radius 3 is 2.74 bits per heavy atom. The predicted octanol–water partition coefficient (Wildman–Crippen LogP) is 3.70. The van der Waals surface area contributed by atoms with Crippen molar-refractivity contribution in [2.45, 2.75) is 22.3 Å². The summed E-state index contributed by atoms with van der Waals surface area (Å²) in [6, 6.07) is 8.42. The van der Waals surface area contributed by atoms with Gasteiger partial charge in [0, 0.05) is 24.7 Å². The van der Waals surface area contributed by atoms with Crippen LogP contribution in [0, 0.1) is 5.82 Å². The lowest BCUT2D eigenvalue weighted by Crippen LogP contribution is -2.31. The molecule has 1 aliphatic rings. The van der Waals surface area contributed by atoms with Gasteiger partial charge in [-0.3, -0.25) is 4.79 Å². The van der Waals surface area contributed by atoms with Crippen molar-refractivity contribution >= 4 is 39.3 Å². The molecule has 1 heterocycles. The zero-order valence-corrected chi connectivity index (χ0v) is 17.1. The number of halogens is 2. The molecule has 0 radical (unpaired) electrons. The van der Waals surface area contributed by atoms with Gasteiger partial charge in [0.25, 0.3) is 5.91 Å². The van der Waals surface area contributed by atoms with Crippen molar-refractivity contribution in [2.24, 2.45) is 0 Å². The van der Waals surface area contributed by atoms with Crippen LogP contribution in [0.25, 0.3) is 0 Å². The summed E-state index contributed by atoms with van der Waals surface area (Å²) in [5, 5.41) is 3.00. The number of hydrogen-bond donors (Lipinski definition) is 1. The fraction of sp³-hybridized carbons (Fsp3) is 0.278. The molecule has 9 heteroatoms. The van der Waals surface area contributed by atoms with Gasteiger partial charge in [0.1, 0.15) is 5.82 Å². The van der Waals surface area contributed by atoms with Crippen LogP contribution >= 0.6 is 23.4 Å². The number of amides is 1. The molecule has 1 amide bonds. The van der Waals surface area contributed by atoms with Gasteiger partial charge in [0.05, 0.1) is 21.5 Å². The molecule has 1 aliphatic heterocycles. The second-order valence-corrected chi connectivity index (χ2v) is 9.91. The van der Waals surface area contributed by atoms with Crippen molar-refractivity contribution in [3.8, 4) is 0 Å². The van der Waals surface area contributed by atoms with E-state index in [4.69, 9.17) is 11.6 Å². The fourth-order valence-electron chi connectivity index (χ4n) is 2.82. The van der Waals surface area contributed by atoms with Crippen LogP contribution in [0.15, 0.2) is 46.2 Å². The van der Waals surface area contributed by atoms with E-state index >= 15 is 0 Å². The van der Waals surface area contributed by atoms with Crippen LogP contribution in [0.3, 0.4) is 0 Å². The maximum absolute atomic E-state index is 14.0. The highest BCUT2D eigenvalue weighted by atomic mass is 35.5. The molecule has 0 aromatic heterocycles. The Balaban J connectivity index is 1.91. The van der Waals surface area contributed by atoms with E-state index in [1.165, 1.54) is 50.1 Å². The van der Waals surface area contributed by atoms with Gasteiger partial charge < -0.3 is 5.32 Å². The number of benzene rings is 2. The van der Waals surface area contributed by atoms with Gasteiger partial charge in [-0.2, -0.15) is 0 Å². The maximum Gasteiger partial charge on any atom is 0.253 e. The Hall–Kier alpha value is -1.61. The van der Waals surface area contributed by atoms with Crippen LogP contribution in [0.1, 0.15) is 28.4 Å². The molecule has 2 aromatic carbocycles. The second-order valence-electron chi connectivity index (χ2n) is 6.25. The Morgan fingerprint density at radius 2 is 2.04 bits per heavy atom. The number of sulfonamides is 1. The molecule has 0 fully saturated rings. The first-order valence-electron chi connectivity index (χ1n) is 8.16. The summed E-state index contributed by atoms with van der Waals surface area (Å²) in [7, 11) is -0.872. The molecule has 0 saturated heterocycles. The Kier molecular flexibility index (Phi) is 5.81. The first-order valence-corrected chi connectivity index (χ1v) is 11.0. The summed E-state index contributed by atoms with van der Waals surface area (Å²) in [6.07, 6.45) is 0.639. The Labute approximate surface area is 166 Å². The molecule has 3 rings (SSSR count). The van der Waals surface area contributed by atoms with Crippen molar-refractivity contribution in [1.82, 2.24) is 9.62 Å². The molecule has 5 nitrogen and oxygen atoms in total. The molecule has 0 spiro atoms. The number of nitrogens with one attached hydrogen (secondary N) is 1. The van der Waals surface area contributed by atoms with E-state index in [-0.39, 0.29) is 27.3 Å². The van der Waals surface area contributed by atoms with Gasteiger partial charge in [-0.05, 0) is 36.2 Å². The molecule has 2 aromatic rings. The Bertz CT molecular complexity index is 996. The minimum absolute atomic E-state index is 0.0207. The summed E-state index contributed by atoms with van der Waals surface area (Å²) in [5.41, 5.74) is 0.781. The molecular weight excluding hydrogens is 411 g/mol. The molecular formula is C18H18ClFN2O3S2. The summed E-state index contributed by atoms with van der Waals surface area (Å²) in [5.74, 6) is -0.141. The zero-order valence-electron chi connectivity index (χ0n) is 14.7. The number of carbonyl (C=O) groups excluding carboxylic acids is 1. The van der Waals surface area contributed by atoms with E-state index in [0.29, 0.717) is 22.6 Å². The van der Waals surface area contributed by atoms with Crippen molar-refractivity contribution in [2.75, 3.05) is 19.8 Å². The number of hydrogen-bond acceptors (Lipinski definition) is 4. The predicted molar refractivity (Wildman–Crippen MR) is 104 cm³/mol. The number of rotatable bonds is 4. The number of thioether (sulfide) groups is 1. The quantitative estimate of drug-likeness (QED) is 0.806. The smallest absolute Gasteiger partial charge is 0.253 e. The summed E-state index contributed by atoms with van der Waals surface area (Å²) < 4.78 is 39.7. The van der Waals surface area contributed by atoms with E-state index in [2.05, 4.69) is 5.32 Å². The SMILES string of the molecule is CN(C)S(=O)(=O)c1ccc(Cl)c(C(=O)N[C@H]2CCSc3c(F)cccc32)c1. The highest BCUT2D eigenvalue weighted by molar-refractivity contribution is 7.99. The van der Waals surface area contributed by atoms with Gasteiger partial charge in [0.15, 0.2) is 0 Å². The highest BCUT2D eigenvalue weighted by Crippen LogP contribution is 2.38. The molecule has 1 atom stereocenters. The average molecular weight is 429 g/mol. The summed E-state index contributed by atoms with van der Waals surface area (Å²) in [6.45, 7) is 0. The third-order valence-electron chi connectivity index (χ3n) is 4.29. The standard InChI is InChI=1S/C18H18ClFN2O3S2/c1-22(2)27(24,25)11-6-7-14(19)13(10-11)18(23)21-16-8-9-26-17-12(16)4-3-5-15(17)20/h3-7,10,16H,8-9H2,1-2H3,(H,21,23)/t16-/m0/s1. The lowest BCUT2D eigenvalue weighted by molar-refractivity contribution is 0.0934. The average Bonchev–Trinajstić information content (AvgIpc) is 2.62. The van der Waals surface area contributed by atoms with Crippen molar-refractivity contribution in [1.29, 1.82) is 0 Å². The lowest BCUT2D eigenvalue weighted by Gasteiger charge is -2.26. The van der Waals surface area contributed by atoms with Crippen LogP contribution in [-0.2, 0) is 10.0 Å². The van der Waals surface area contributed by atoms with E-state index < -0.39 is 15.9 Å². The van der Waals surface area contributed by atoms with Gasteiger partial charge in [0.2, 0.25) is 10.0 Å². The highest BCUT2D eigenvalue weighted by Gasteiger charge is 2.26. The zero-order chi connectivity index (χ0) is 19.8. The normalized spacial score (nSPS) is 16.9. The van der Waals surface area contributed by atoms with Crippen molar-refractivity contribution in [3.63, 3.8) is 0 Å². The van der Waals surface area contributed by atoms with Crippen LogP contribution < -0.4 is 5.32 Å². The van der Waals surface area contributed by atoms with Crippen LogP contribution in [0.4, 0.5) is 4.39 Å². The summed E-state index contributed by atoms with van der Waals surface area (Å²) >= 11 is 7.55. The van der Waals surface area contributed by atoms with E-state index in [9.17, 15) is 17.6 Å². The molecule has 0 saturated carbocycles. The van der Waals surface area contributed by atoms with Gasteiger partial charge in [-0.15, -0.1) is 11.8 Å². The number of nitrogens with zero attached hydrogens (tertiary/aromatic N) is 1. The number of fused-ring (bicyclic) bond motifs is 1. The molecule has 0 aliphatic carbocycles. The topological polar surface area (TPSA) is 66.5 Å². The molecule has 27 heavy (non-hydrogen) atoms. The van der Waals surface area contributed by atoms with Crippen LogP contribution in [0.2, 0.25) is 5.02 Å². The van der Waals surface area contributed by atoms with Gasteiger partial charge in [-0.1, -0.05) is 23.7 Å². The third kappa shape index (κ3) is 3.99. The van der Waals surface area contributed by atoms with E-state index in [1.807, 2.05) is 0 Å². The fourth-order valence-corrected chi connectivity index (χ4v) is 5.09. The molecule has 0 unspecified atom stereocenters. The minimum Gasteiger partial charge on any atom is -0.345 e. The number of carbonyl (C=O) groups is 1. The third-order valence-corrected chi connectivity index (χ3v) is 7.59. The van der Waals surface area contributed by atoms with Crippen molar-refractivity contribution in [3.05, 3.63) is 58.4 Å². The second kappa shape index (κ2) is 7.79. The maximum atomic E-state index is 14.0. The largest absolute Gasteiger partial charge is 0.345 e. The lowest BCUT2D eigenvalue weighted by atomic mass is 10.0. The van der Waals surface area contributed by atoms with Crippen LogP contribution in [0.5, 0.6) is 0 Å². The van der Waals surface area contributed by atoms with Gasteiger partial charge >= 0.3 is 0 Å². The first kappa shape index (κ1) is 20.1. The van der Waals surface area contributed by atoms with Crippen molar-refractivity contribution < 1.29 is 17.6 Å². The minimum atomic E-state index is -3.70. The van der Waals surface area contributed by atoms with Crippen LogP contribution in [-0.4, -0.2) is 38.5 Å². The molecule has 144 valence electrons. The summed E-state index contributed by atoms with van der Waals surface area (Å²) in [4.78, 5) is 13.3.